The molecule has 13 nitrogen and oxygen atoms in total. The van der Waals surface area contributed by atoms with Crippen molar-refractivity contribution in [1.29, 1.82) is 5.26 Å². The zero-order valence-corrected chi connectivity index (χ0v) is 20.8. The summed E-state index contributed by atoms with van der Waals surface area (Å²) >= 11 is 5.94. The number of imidazole rings is 1. The molecule has 1 saturated carbocycles. The Balaban J connectivity index is 1.37. The first-order valence-electron chi connectivity index (χ1n) is 11.9. The first kappa shape index (κ1) is 25.0. The van der Waals surface area contributed by atoms with E-state index in [-0.39, 0.29) is 35.3 Å². The first-order chi connectivity index (χ1) is 18.5. The zero-order valence-electron chi connectivity index (χ0n) is 20.0. The molecule has 1 aliphatic rings. The van der Waals surface area contributed by atoms with Crippen LogP contribution in [-0.2, 0) is 4.79 Å². The number of hydrogen-bond donors (Lipinski definition) is 4. The summed E-state index contributed by atoms with van der Waals surface area (Å²) in [5.41, 5.74) is 1.68. The van der Waals surface area contributed by atoms with E-state index < -0.39 is 5.91 Å². The lowest BCUT2D eigenvalue weighted by Gasteiger charge is -2.30. The van der Waals surface area contributed by atoms with E-state index in [9.17, 15) is 9.59 Å². The van der Waals surface area contributed by atoms with Crippen LogP contribution >= 0.6 is 11.6 Å². The molecule has 14 heteroatoms. The van der Waals surface area contributed by atoms with Crippen molar-refractivity contribution in [3.05, 3.63) is 53.8 Å². The maximum Gasteiger partial charge on any atom is 0.276 e. The van der Waals surface area contributed by atoms with Gasteiger partial charge in [-0.2, -0.15) is 5.26 Å². The van der Waals surface area contributed by atoms with Crippen LogP contribution in [-0.4, -0.2) is 48.6 Å². The number of hydrogen-bond acceptors (Lipinski definition) is 10. The quantitative estimate of drug-likeness (QED) is 0.245. The van der Waals surface area contributed by atoms with Crippen LogP contribution in [0.1, 0.15) is 42.6 Å². The number of pyridine rings is 1. The van der Waals surface area contributed by atoms with Crippen LogP contribution in [0.3, 0.4) is 0 Å². The molecular formula is C24H23ClN10O3. The molecule has 1 fully saturated rings. The largest absolute Gasteiger partial charge is 0.366 e. The van der Waals surface area contributed by atoms with Crippen molar-refractivity contribution < 1.29 is 14.1 Å². The molecule has 0 aromatic carbocycles. The zero-order chi connectivity index (χ0) is 26.5. The Morgan fingerprint density at radius 3 is 2.68 bits per heavy atom. The standard InChI is InChI=1S/C24H23ClN10O3/c25-19-11-16(6-9-27-19)31-24(37)18-13-28-23-17(32-20-7-10-38-34-20)12-21(33-35(18)23)29-14-1-3-15(4-2-14)30-22(36)5-8-26/h6-7,9-15H,1-5H2,(H,29,33)(H,30,36)(H,32,34)(H,27,31,37)/t14-,15-. The van der Waals surface area contributed by atoms with Gasteiger partial charge in [0.2, 0.25) is 5.91 Å². The van der Waals surface area contributed by atoms with Gasteiger partial charge in [0.05, 0.1) is 18.0 Å². The number of carbonyl (C=O) groups is 2. The molecule has 4 aromatic heterocycles. The van der Waals surface area contributed by atoms with Crippen molar-refractivity contribution in [3.63, 3.8) is 0 Å². The van der Waals surface area contributed by atoms with Crippen molar-refractivity contribution in [1.82, 2.24) is 30.1 Å². The van der Waals surface area contributed by atoms with Crippen LogP contribution in [0.5, 0.6) is 0 Å². The molecule has 0 radical (unpaired) electrons. The van der Waals surface area contributed by atoms with Gasteiger partial charge in [0.1, 0.15) is 23.7 Å². The second-order valence-electron chi connectivity index (χ2n) is 8.75. The molecule has 0 aliphatic heterocycles. The van der Waals surface area contributed by atoms with Gasteiger partial charge in [-0.05, 0) is 37.8 Å². The second kappa shape index (κ2) is 11.1. The minimum absolute atomic E-state index is 0.0411. The molecule has 0 unspecified atom stereocenters. The van der Waals surface area contributed by atoms with Crippen molar-refractivity contribution in [2.45, 2.75) is 44.2 Å². The summed E-state index contributed by atoms with van der Waals surface area (Å²) in [6.07, 6.45) is 7.37. The Kier molecular flexibility index (Phi) is 7.32. The van der Waals surface area contributed by atoms with Gasteiger partial charge in [-0.3, -0.25) is 9.59 Å². The Labute approximate surface area is 221 Å². The lowest BCUT2D eigenvalue weighted by atomic mass is 9.91. The fraction of sp³-hybridized carbons (Fsp3) is 0.292. The van der Waals surface area contributed by atoms with Crippen LogP contribution in [0.15, 0.2) is 47.4 Å². The van der Waals surface area contributed by atoms with Gasteiger partial charge < -0.3 is 25.8 Å². The molecule has 194 valence electrons. The van der Waals surface area contributed by atoms with Gasteiger partial charge in [-0.25, -0.2) is 14.5 Å². The fourth-order valence-electron chi connectivity index (χ4n) is 4.32. The van der Waals surface area contributed by atoms with Crippen LogP contribution in [0.25, 0.3) is 5.65 Å². The molecule has 1 aliphatic carbocycles. The number of nitrogens with one attached hydrogen (secondary N) is 4. The summed E-state index contributed by atoms with van der Waals surface area (Å²) < 4.78 is 6.38. The lowest BCUT2D eigenvalue weighted by Crippen LogP contribution is -2.40. The Bertz CT molecular complexity index is 1490. The molecule has 0 atom stereocenters. The van der Waals surface area contributed by atoms with Crippen LogP contribution < -0.4 is 21.3 Å². The van der Waals surface area contributed by atoms with E-state index in [1.54, 1.807) is 24.3 Å². The molecule has 4 N–H and O–H groups in total. The summed E-state index contributed by atoms with van der Waals surface area (Å²) in [5, 5.41) is 29.8. The highest BCUT2D eigenvalue weighted by atomic mass is 35.5. The number of nitriles is 1. The van der Waals surface area contributed by atoms with E-state index in [0.717, 1.165) is 25.7 Å². The SMILES string of the molecule is N#CCC(=O)N[C@H]1CC[C@H](Nc2cc(Nc3ccon3)c3ncc(C(=O)Nc4ccnc(Cl)c4)n3n2)CC1. The maximum absolute atomic E-state index is 13.1. The summed E-state index contributed by atoms with van der Waals surface area (Å²) in [6, 6.07) is 8.63. The molecular weight excluding hydrogens is 512 g/mol. The lowest BCUT2D eigenvalue weighted by molar-refractivity contribution is -0.121. The van der Waals surface area contributed by atoms with E-state index in [4.69, 9.17) is 21.4 Å². The average molecular weight is 535 g/mol. The molecule has 0 bridgehead atoms. The smallest absolute Gasteiger partial charge is 0.276 e. The van der Waals surface area contributed by atoms with E-state index in [1.807, 2.05) is 6.07 Å². The molecule has 4 aromatic rings. The van der Waals surface area contributed by atoms with Gasteiger partial charge >= 0.3 is 0 Å². The summed E-state index contributed by atoms with van der Waals surface area (Å²) in [7, 11) is 0. The van der Waals surface area contributed by atoms with E-state index in [1.165, 1.54) is 23.2 Å². The number of nitrogens with zero attached hydrogens (tertiary/aromatic N) is 6. The predicted molar refractivity (Wildman–Crippen MR) is 138 cm³/mol. The van der Waals surface area contributed by atoms with Crippen molar-refractivity contribution in [2.24, 2.45) is 0 Å². The predicted octanol–water partition coefficient (Wildman–Crippen LogP) is 3.51. The van der Waals surface area contributed by atoms with Crippen molar-refractivity contribution in [2.75, 3.05) is 16.0 Å². The maximum atomic E-state index is 13.1. The van der Waals surface area contributed by atoms with Crippen LogP contribution in [0, 0.1) is 11.3 Å². The van der Waals surface area contributed by atoms with Crippen molar-refractivity contribution in [3.8, 4) is 6.07 Å². The van der Waals surface area contributed by atoms with Crippen molar-refractivity contribution >= 4 is 52.1 Å². The fourth-order valence-corrected chi connectivity index (χ4v) is 4.49. The minimum Gasteiger partial charge on any atom is -0.366 e. The summed E-state index contributed by atoms with van der Waals surface area (Å²) in [6.45, 7) is 0. The molecule has 5 rings (SSSR count). The number of halogens is 1. The third-order valence-corrected chi connectivity index (χ3v) is 6.28. The highest BCUT2D eigenvalue weighted by Crippen LogP contribution is 2.27. The molecule has 0 saturated heterocycles. The number of carbonyl (C=O) groups excluding carboxylic acids is 2. The highest BCUT2D eigenvalue weighted by molar-refractivity contribution is 6.29. The Hall–Kier alpha value is -4.70. The van der Waals surface area contributed by atoms with Crippen LogP contribution in [0.2, 0.25) is 5.15 Å². The molecule has 4 heterocycles. The normalized spacial score (nSPS) is 16.9. The summed E-state index contributed by atoms with van der Waals surface area (Å²) in [4.78, 5) is 33.2. The second-order valence-corrected chi connectivity index (χ2v) is 9.14. The Morgan fingerprint density at radius 2 is 1.95 bits per heavy atom. The topological polar surface area (TPSA) is 175 Å². The van der Waals surface area contributed by atoms with Gasteiger partial charge in [0, 0.05) is 36.1 Å². The number of aromatic nitrogens is 5. The van der Waals surface area contributed by atoms with E-state index in [0.29, 0.717) is 28.7 Å². The third-order valence-electron chi connectivity index (χ3n) is 6.07. The van der Waals surface area contributed by atoms with E-state index in [2.05, 4.69) is 41.5 Å². The number of amides is 2. The van der Waals surface area contributed by atoms with Crippen LogP contribution in [0.4, 0.5) is 23.0 Å². The van der Waals surface area contributed by atoms with E-state index >= 15 is 0 Å². The first-order valence-corrected chi connectivity index (χ1v) is 12.3. The third kappa shape index (κ3) is 5.81. The molecule has 2 amide bonds. The molecule has 0 spiro atoms. The number of fused-ring (bicyclic) bond motifs is 1. The average Bonchev–Trinajstić information content (AvgIpc) is 3.56. The van der Waals surface area contributed by atoms with Gasteiger partial charge in [-0.15, -0.1) is 5.10 Å². The van der Waals surface area contributed by atoms with Gasteiger partial charge in [-0.1, -0.05) is 16.8 Å². The molecule has 38 heavy (non-hydrogen) atoms. The number of rotatable bonds is 8. The van der Waals surface area contributed by atoms with Gasteiger partial charge in [0.25, 0.3) is 5.91 Å². The minimum atomic E-state index is -0.426. The Morgan fingerprint density at radius 1 is 1.13 bits per heavy atom. The monoisotopic (exact) mass is 534 g/mol. The highest BCUT2D eigenvalue weighted by Gasteiger charge is 2.24. The summed E-state index contributed by atoms with van der Waals surface area (Å²) in [5.74, 6) is 0.322. The number of anilines is 4. The van der Waals surface area contributed by atoms with Gasteiger partial charge in [0.15, 0.2) is 17.2 Å².